The zero-order valence-electron chi connectivity index (χ0n) is 54.8. The molecule has 4 heterocycles. The van der Waals surface area contributed by atoms with Crippen molar-refractivity contribution < 1.29 is 39.5 Å². The average molecular weight is 1180 g/mol. The topological polar surface area (TPSA) is 194 Å². The summed E-state index contributed by atoms with van der Waals surface area (Å²) in [7, 11) is 0. The Hall–Kier alpha value is -6.75. The molecule has 0 radical (unpaired) electrons. The zero-order chi connectivity index (χ0) is 63.7. The smallest absolute Gasteiger partial charge is 0.239 e. The van der Waals surface area contributed by atoms with E-state index in [2.05, 4.69) is 130 Å². The monoisotopic (exact) mass is 1180 g/mol. The summed E-state index contributed by atoms with van der Waals surface area (Å²) in [6.07, 6.45) is 16.7. The first-order valence-electron chi connectivity index (χ1n) is 28.7. The van der Waals surface area contributed by atoms with Gasteiger partial charge in [0.25, 0.3) is 0 Å². The van der Waals surface area contributed by atoms with Gasteiger partial charge in [0.05, 0.1) is 23.2 Å². The average Bonchev–Trinajstić information content (AvgIpc) is 3.59. The predicted molar refractivity (Wildman–Crippen MR) is 346 cm³/mol. The zero-order valence-corrected chi connectivity index (χ0v) is 55.6. The molecule has 2 aromatic carbocycles. The molecule has 464 valence electrons. The van der Waals surface area contributed by atoms with Gasteiger partial charge in [-0.2, -0.15) is 10.1 Å². The summed E-state index contributed by atoms with van der Waals surface area (Å²) in [5.74, 6) is 0.637. The van der Waals surface area contributed by atoms with Gasteiger partial charge in [0, 0.05) is 121 Å². The first-order valence-corrected chi connectivity index (χ1v) is 28.7. The molecule has 0 spiro atoms. The van der Waals surface area contributed by atoms with Crippen LogP contribution < -0.4 is 5.73 Å². The second-order valence-corrected chi connectivity index (χ2v) is 24.5. The normalized spacial score (nSPS) is 12.8. The van der Waals surface area contributed by atoms with Crippen LogP contribution in [0.1, 0.15) is 209 Å². The number of amides is 1. The standard InChI is InChI=1S/C21H30N2O.C13H22N2O.C13H21N2O.C10H15N2O.C7H6O.C2H5NO.C2H6.ClH/c1-16(2)20(19-13-10-14-22-15-19)23(21(4,5)6)24-17(3)18-11-8-7-9-12-18;2*1-10(2)12(15(16)13(3,4)5)11-7-6-8-14-9-11;1-10(2,3)12(13)8-9-5-4-6-11-7-9;8-6-7-4-2-1-3-5-7;1-2(3)4;1-2;/h7-17,20H,1-6H3;6-10,12,16H,1-5H3;6-10,16H,1-5H3;4-8,13H,1-3H3;1-6H;1H3,(H2,3,4);1-2H3;1H/q;;2*+1;;;;. The van der Waals surface area contributed by atoms with Gasteiger partial charge in [-0.1, -0.05) is 128 Å². The number of aldehydes is 1. The number of hydrogen-bond acceptors (Lipinski definition) is 12. The number of nitrogens with zero attached hydrogens (tertiary/aromatic N) is 8. The van der Waals surface area contributed by atoms with E-state index in [0.717, 1.165) is 34.3 Å². The van der Waals surface area contributed by atoms with Crippen molar-refractivity contribution in [1.82, 2.24) is 30.1 Å². The summed E-state index contributed by atoms with van der Waals surface area (Å²) < 4.78 is 2.53. The summed E-state index contributed by atoms with van der Waals surface area (Å²) in [5.41, 5.74) is 10.4. The van der Waals surface area contributed by atoms with Crippen LogP contribution in [-0.4, -0.2) is 101 Å². The first kappa shape index (κ1) is 79.3. The number of carbonyl (C=O) groups is 2. The van der Waals surface area contributed by atoms with Crippen molar-refractivity contribution in [2.24, 2.45) is 23.5 Å². The summed E-state index contributed by atoms with van der Waals surface area (Å²) in [4.78, 5) is 42.2. The molecule has 15 nitrogen and oxygen atoms in total. The molecule has 4 aromatic heterocycles. The van der Waals surface area contributed by atoms with Crippen molar-refractivity contribution in [2.45, 2.75) is 193 Å². The van der Waals surface area contributed by atoms with E-state index < -0.39 is 0 Å². The Labute approximate surface area is 512 Å². The lowest BCUT2D eigenvalue weighted by atomic mass is 9.93. The van der Waals surface area contributed by atoms with Crippen LogP contribution in [0, 0.1) is 17.8 Å². The van der Waals surface area contributed by atoms with E-state index in [1.54, 1.807) is 49.3 Å². The van der Waals surface area contributed by atoms with Gasteiger partial charge in [0.15, 0.2) is 0 Å². The largest absolute Gasteiger partial charge is 0.370 e. The quantitative estimate of drug-likeness (QED) is 0.0281. The van der Waals surface area contributed by atoms with Crippen molar-refractivity contribution in [2.75, 3.05) is 0 Å². The van der Waals surface area contributed by atoms with Crippen LogP contribution in [0.15, 0.2) is 159 Å². The fraction of sp³-hybridized carbons (Fsp3) is 0.471. The fourth-order valence-electron chi connectivity index (χ4n) is 7.61. The van der Waals surface area contributed by atoms with Gasteiger partial charge >= 0.3 is 0 Å². The van der Waals surface area contributed by atoms with Gasteiger partial charge in [-0.3, -0.25) is 44.8 Å². The highest BCUT2D eigenvalue weighted by Crippen LogP contribution is 2.37. The highest BCUT2D eigenvalue weighted by molar-refractivity contribution is 5.97. The van der Waals surface area contributed by atoms with E-state index >= 15 is 0 Å². The summed E-state index contributed by atoms with van der Waals surface area (Å²) in [5, 5.41) is 33.7. The van der Waals surface area contributed by atoms with E-state index in [0.29, 0.717) is 11.8 Å². The molecule has 0 aliphatic heterocycles. The number of pyridine rings is 4. The number of aromatic nitrogens is 4. The Balaban J connectivity index is 0. The summed E-state index contributed by atoms with van der Waals surface area (Å²) in [6.45, 7) is 44.5. The lowest BCUT2D eigenvalue weighted by Crippen LogP contribution is -2.46. The van der Waals surface area contributed by atoms with Crippen molar-refractivity contribution in [3.8, 4) is 0 Å². The number of halogens is 1. The first-order chi connectivity index (χ1) is 38.6. The van der Waals surface area contributed by atoms with E-state index in [4.69, 9.17) is 4.84 Å². The molecule has 6 rings (SSSR count). The number of benzene rings is 2. The molecular formula is C68H106ClN9O6+2. The number of primary amides is 1. The Bertz CT molecular complexity index is 2710. The molecule has 0 saturated carbocycles. The number of carbonyl (C=O) groups excluding carboxylic acids is 2. The second kappa shape index (κ2) is 39.7. The molecule has 5 N–H and O–H groups in total. The second-order valence-electron chi connectivity index (χ2n) is 24.5. The molecule has 0 aliphatic carbocycles. The minimum absolute atomic E-state index is 0. The summed E-state index contributed by atoms with van der Waals surface area (Å²) >= 11 is 0. The number of nitrogens with two attached hydrogens (primary N) is 1. The third-order valence-electron chi connectivity index (χ3n) is 11.7. The van der Waals surface area contributed by atoms with Gasteiger partial charge in [-0.25, -0.2) is 0 Å². The lowest BCUT2D eigenvalue weighted by molar-refractivity contribution is -0.820. The minimum atomic E-state index is -0.333. The molecule has 0 fully saturated rings. The Morgan fingerprint density at radius 2 is 0.952 bits per heavy atom. The van der Waals surface area contributed by atoms with E-state index in [-0.39, 0.29) is 64.6 Å². The van der Waals surface area contributed by atoms with E-state index in [9.17, 15) is 25.2 Å². The number of hydroxylamine groups is 6. The highest BCUT2D eigenvalue weighted by atomic mass is 35.5. The maximum Gasteiger partial charge on any atom is 0.239 e. The fourth-order valence-corrected chi connectivity index (χ4v) is 7.61. The molecule has 0 bridgehead atoms. The SMILES string of the molecule is CC.CC(C)(C)/[N+](O)=C/c1cccnc1.CC(C)/C(c1cccnc1)=[N+](/O)C(C)(C)C.CC(C)C(c1cccnc1)N(O)C(C)(C)C.CC(N)=O.CC(ON(C(c1cccnc1)C(C)C)C(C)(C)C)c1ccccc1.Cl.O=Cc1ccccc1. The third-order valence-corrected chi connectivity index (χ3v) is 11.7. The van der Waals surface area contributed by atoms with E-state index in [1.807, 2.05) is 161 Å². The van der Waals surface area contributed by atoms with Crippen molar-refractivity contribution in [1.29, 1.82) is 0 Å². The molecule has 84 heavy (non-hydrogen) atoms. The van der Waals surface area contributed by atoms with Gasteiger partial charge in [0.2, 0.25) is 28.9 Å². The predicted octanol–water partition coefficient (Wildman–Crippen LogP) is 15.7. The maximum absolute atomic E-state index is 10.3. The molecule has 3 unspecified atom stereocenters. The maximum atomic E-state index is 10.3. The van der Waals surface area contributed by atoms with Crippen LogP contribution >= 0.6 is 12.4 Å². The Morgan fingerprint density at radius 3 is 1.27 bits per heavy atom. The number of hydrogen-bond donors (Lipinski definition) is 4. The van der Waals surface area contributed by atoms with Crippen LogP contribution in [0.25, 0.3) is 0 Å². The molecule has 0 aliphatic rings. The van der Waals surface area contributed by atoms with Crippen LogP contribution in [0.4, 0.5) is 0 Å². The lowest BCUT2D eigenvalue weighted by Gasteiger charge is -2.43. The van der Waals surface area contributed by atoms with Crippen LogP contribution in [0.5, 0.6) is 0 Å². The number of rotatable bonds is 13. The van der Waals surface area contributed by atoms with Crippen LogP contribution in [0.2, 0.25) is 0 Å². The molecule has 16 heteroatoms. The minimum Gasteiger partial charge on any atom is -0.370 e. The molecule has 6 aromatic rings. The van der Waals surface area contributed by atoms with Crippen molar-refractivity contribution >= 4 is 36.5 Å². The summed E-state index contributed by atoms with van der Waals surface area (Å²) in [6, 6.07) is 35.2. The molecule has 0 saturated heterocycles. The van der Waals surface area contributed by atoms with Crippen LogP contribution in [-0.2, 0) is 9.63 Å². The van der Waals surface area contributed by atoms with Gasteiger partial charge < -0.3 is 10.9 Å². The van der Waals surface area contributed by atoms with Gasteiger partial charge in [-0.15, -0.1) is 12.4 Å². The third kappa shape index (κ3) is 31.2. The van der Waals surface area contributed by atoms with Crippen molar-refractivity contribution in [3.63, 3.8) is 0 Å². The Morgan fingerprint density at radius 1 is 0.560 bits per heavy atom. The van der Waals surface area contributed by atoms with Crippen molar-refractivity contribution in [3.05, 3.63) is 192 Å². The molecular weight excluding hydrogens is 1070 g/mol. The Kier molecular flexibility index (Phi) is 37.5. The highest BCUT2D eigenvalue weighted by Gasteiger charge is 2.36. The van der Waals surface area contributed by atoms with Gasteiger partial charge in [0.1, 0.15) is 12.4 Å². The van der Waals surface area contributed by atoms with E-state index in [1.165, 1.54) is 32.6 Å². The molecule has 3 atom stereocenters. The van der Waals surface area contributed by atoms with Crippen LogP contribution in [0.3, 0.4) is 0 Å². The molecule has 1 amide bonds. The van der Waals surface area contributed by atoms with Gasteiger partial charge in [-0.05, 0) is 123 Å².